The second-order valence-electron chi connectivity index (χ2n) is 10.8. The van der Waals surface area contributed by atoms with Gasteiger partial charge < -0.3 is 14.3 Å². The van der Waals surface area contributed by atoms with Gasteiger partial charge in [0.1, 0.15) is 11.1 Å². The van der Waals surface area contributed by atoms with Crippen molar-refractivity contribution in [1.29, 1.82) is 0 Å². The van der Waals surface area contributed by atoms with Crippen molar-refractivity contribution in [3.05, 3.63) is 65.9 Å². The zero-order valence-corrected chi connectivity index (χ0v) is 25.9. The van der Waals surface area contributed by atoms with Crippen molar-refractivity contribution in [2.24, 2.45) is 0 Å². The lowest BCUT2D eigenvalue weighted by Gasteiger charge is -2.19. The average molecular weight is 669 g/mol. The molecule has 2 atom stereocenters. The Morgan fingerprint density at radius 1 is 1.04 bits per heavy atom. The number of alkyl halides is 3. The third kappa shape index (κ3) is 7.32. The molecule has 46 heavy (non-hydrogen) atoms. The van der Waals surface area contributed by atoms with Gasteiger partial charge in [-0.2, -0.15) is 22.9 Å². The molecule has 1 aliphatic rings. The predicted octanol–water partition coefficient (Wildman–Crippen LogP) is 4.00. The average Bonchev–Trinajstić information content (AvgIpc) is 3.34. The van der Waals surface area contributed by atoms with Gasteiger partial charge in [-0.1, -0.05) is 29.8 Å². The van der Waals surface area contributed by atoms with Gasteiger partial charge in [0.2, 0.25) is 0 Å². The SMILES string of the molecule is Cc1ccc(-c2cc(C(F)(F)F)nn2-c2ccc(S(=O)(=O)NC(=O)[C@@H]3CCCN3n3on3OC(C)OC(=O)OC(C)C)cc2)cc1. The van der Waals surface area contributed by atoms with E-state index < -0.39 is 52.4 Å². The Morgan fingerprint density at radius 2 is 1.72 bits per heavy atom. The molecule has 5 rings (SSSR count). The normalized spacial score (nSPS) is 16.1. The summed E-state index contributed by atoms with van der Waals surface area (Å²) in [4.78, 5) is 30.8. The highest BCUT2D eigenvalue weighted by Gasteiger charge is 2.39. The topological polar surface area (TPSA) is 152 Å². The minimum atomic E-state index is -4.70. The largest absolute Gasteiger partial charge is 0.511 e. The molecule has 2 aromatic heterocycles. The highest BCUT2D eigenvalue weighted by molar-refractivity contribution is 7.90. The molecule has 1 aliphatic heterocycles. The molecule has 1 saturated heterocycles. The lowest BCUT2D eigenvalue weighted by atomic mass is 10.1. The molecule has 1 unspecified atom stereocenters. The fourth-order valence-electron chi connectivity index (χ4n) is 4.65. The molecule has 0 radical (unpaired) electrons. The number of carbonyl (C=O) groups excluding carboxylic acids is 2. The summed E-state index contributed by atoms with van der Waals surface area (Å²) in [5.74, 6) is -0.842. The highest BCUT2D eigenvalue weighted by Crippen LogP contribution is 2.33. The van der Waals surface area contributed by atoms with E-state index in [2.05, 4.69) is 5.10 Å². The van der Waals surface area contributed by atoms with Crippen LogP contribution in [-0.4, -0.2) is 65.2 Å². The van der Waals surface area contributed by atoms with E-state index in [0.717, 1.165) is 26.3 Å². The first-order chi connectivity index (χ1) is 21.6. The molecule has 3 heterocycles. The second kappa shape index (κ2) is 12.5. The van der Waals surface area contributed by atoms with Gasteiger partial charge in [0.15, 0.2) is 5.69 Å². The summed E-state index contributed by atoms with van der Waals surface area (Å²) in [6.07, 6.45) is -6.33. The van der Waals surface area contributed by atoms with Gasteiger partial charge in [0, 0.05) is 19.0 Å². The lowest BCUT2D eigenvalue weighted by molar-refractivity contribution is -0.141. The van der Waals surface area contributed by atoms with Gasteiger partial charge in [-0.15, -0.1) is 0 Å². The number of nitrogens with zero attached hydrogens (tertiary/aromatic N) is 5. The molecule has 18 heteroatoms. The van der Waals surface area contributed by atoms with Gasteiger partial charge >= 0.3 is 12.3 Å². The van der Waals surface area contributed by atoms with Crippen molar-refractivity contribution in [3.63, 3.8) is 0 Å². The predicted molar refractivity (Wildman–Crippen MR) is 154 cm³/mol. The number of halogens is 3. The van der Waals surface area contributed by atoms with Crippen LogP contribution < -0.4 is 14.6 Å². The van der Waals surface area contributed by atoms with Crippen LogP contribution in [0.2, 0.25) is 0 Å². The van der Waals surface area contributed by atoms with Gasteiger partial charge in [-0.25, -0.2) is 27.6 Å². The van der Waals surface area contributed by atoms with E-state index >= 15 is 0 Å². The van der Waals surface area contributed by atoms with Crippen molar-refractivity contribution in [3.8, 4) is 16.9 Å². The molecule has 2 aromatic carbocycles. The number of sulfonamides is 1. The molecule has 4 aromatic rings. The van der Waals surface area contributed by atoms with Crippen molar-refractivity contribution in [1.82, 2.24) is 24.5 Å². The standard InChI is InChI=1S/C28H31F3N6O8S/c1-17(2)42-27(39)43-19(4)44-37-36(45-37)34-15-5-6-23(34)26(38)33-46(40,41)22-13-11-21(12-14-22)35-24(16-25(32-35)28(29,30)31)20-9-7-18(3)8-10-20/h7-14,16-17,19,23H,5-6,15H2,1-4H3,(H,33,38)/t19?,23-,36?,37?/m0/s1. The zero-order valence-electron chi connectivity index (χ0n) is 25.1. The van der Waals surface area contributed by atoms with Gasteiger partial charge in [0.05, 0.1) is 27.3 Å². The van der Waals surface area contributed by atoms with Crippen molar-refractivity contribution < 1.29 is 50.1 Å². The van der Waals surface area contributed by atoms with Crippen molar-refractivity contribution >= 4 is 22.1 Å². The molecule has 0 spiro atoms. The van der Waals surface area contributed by atoms with Crippen LogP contribution in [0.15, 0.2) is 64.1 Å². The number of carbonyl (C=O) groups is 2. The Balaban J connectivity index is 1.27. The van der Waals surface area contributed by atoms with E-state index in [1.165, 1.54) is 36.2 Å². The molecule has 1 fully saturated rings. The minimum Gasteiger partial charge on any atom is -0.431 e. The van der Waals surface area contributed by atoms with Crippen LogP contribution in [0.3, 0.4) is 0 Å². The molecule has 248 valence electrons. The Morgan fingerprint density at radius 3 is 2.35 bits per heavy atom. The van der Waals surface area contributed by atoms with Crippen molar-refractivity contribution in [2.75, 3.05) is 11.6 Å². The molecule has 1 N–H and O–H groups in total. The number of benzene rings is 2. The van der Waals surface area contributed by atoms with Crippen LogP contribution in [0, 0.1) is 6.92 Å². The van der Waals surface area contributed by atoms with Crippen LogP contribution in [0.4, 0.5) is 18.0 Å². The number of hydrogen-bond donors (Lipinski definition) is 1. The summed E-state index contributed by atoms with van der Waals surface area (Å²) in [6.45, 7) is 6.88. The molecule has 0 saturated carbocycles. The first kappa shape index (κ1) is 32.5. The zero-order chi connectivity index (χ0) is 33.4. The maximum atomic E-state index is 13.5. The number of hydrogen-bond acceptors (Lipinski definition) is 10. The number of ether oxygens (including phenoxy) is 2. The summed E-state index contributed by atoms with van der Waals surface area (Å²) < 4.78 is 85.0. The maximum absolute atomic E-state index is 13.5. The molecular formula is C28H31F3N6O8S. The smallest absolute Gasteiger partial charge is 0.431 e. The van der Waals surface area contributed by atoms with E-state index in [0.29, 0.717) is 24.9 Å². The van der Waals surface area contributed by atoms with E-state index in [9.17, 15) is 31.2 Å². The third-order valence-corrected chi connectivity index (χ3v) is 8.17. The van der Waals surface area contributed by atoms with Gasteiger partial charge in [-0.05, 0) is 63.9 Å². The van der Waals surface area contributed by atoms with Crippen LogP contribution in [-0.2, 0) is 30.5 Å². The summed E-state index contributed by atoms with van der Waals surface area (Å²) in [6, 6.07) is 11.7. The summed E-state index contributed by atoms with van der Waals surface area (Å²) in [5, 5.41) is 6.01. The summed E-state index contributed by atoms with van der Waals surface area (Å²) >= 11 is 0. The monoisotopic (exact) mass is 668 g/mol. The number of rotatable bonds is 10. The highest BCUT2D eigenvalue weighted by atomic mass is 32.2. The molecule has 0 bridgehead atoms. The third-order valence-electron chi connectivity index (χ3n) is 6.81. The summed E-state index contributed by atoms with van der Waals surface area (Å²) in [7, 11) is -4.38. The molecule has 1 amide bonds. The fourth-order valence-corrected chi connectivity index (χ4v) is 5.66. The van der Waals surface area contributed by atoms with Crippen LogP contribution in [0.5, 0.6) is 0 Å². The Hall–Kier alpha value is -4.87. The Bertz CT molecular complexity index is 1790. The van der Waals surface area contributed by atoms with Crippen LogP contribution in [0.1, 0.15) is 44.9 Å². The Labute approximate surface area is 261 Å². The van der Waals surface area contributed by atoms with E-state index in [4.69, 9.17) is 18.9 Å². The van der Waals surface area contributed by atoms with Gasteiger partial charge in [-0.3, -0.25) is 4.79 Å². The van der Waals surface area contributed by atoms with E-state index in [-0.39, 0.29) is 16.3 Å². The van der Waals surface area contributed by atoms with Crippen LogP contribution in [0.25, 0.3) is 16.9 Å². The van der Waals surface area contributed by atoms with Crippen LogP contribution >= 0.6 is 0 Å². The van der Waals surface area contributed by atoms with E-state index in [1.807, 2.05) is 11.6 Å². The second-order valence-corrected chi connectivity index (χ2v) is 12.4. The fraction of sp³-hybridized carbons (Fsp3) is 0.393. The minimum absolute atomic E-state index is 0.157. The molecule has 0 aliphatic carbocycles. The Kier molecular flexibility index (Phi) is 8.83. The molecular weight excluding hydrogens is 637 g/mol. The quantitative estimate of drug-likeness (QED) is 0.194. The lowest BCUT2D eigenvalue weighted by Crippen LogP contribution is -2.49. The number of amides is 1. The maximum Gasteiger partial charge on any atom is 0.511 e. The summed E-state index contributed by atoms with van der Waals surface area (Å²) in [5.41, 5.74) is 0.620. The van der Waals surface area contributed by atoms with Gasteiger partial charge in [0.25, 0.3) is 22.2 Å². The van der Waals surface area contributed by atoms with Crippen molar-refractivity contribution in [2.45, 2.75) is 70.0 Å². The van der Waals surface area contributed by atoms with E-state index in [1.54, 1.807) is 38.1 Å². The number of aromatic nitrogens is 4. The number of aryl methyl sites for hydroxylation is 1. The number of nitrogens with one attached hydrogen (secondary N) is 1. The first-order valence-corrected chi connectivity index (χ1v) is 15.6. The first-order valence-electron chi connectivity index (χ1n) is 14.1. The molecule has 14 nitrogen and oxygen atoms in total.